The molecule has 0 saturated carbocycles. The van der Waals surface area contributed by atoms with Crippen LogP contribution in [0.3, 0.4) is 0 Å². The average molecular weight is 502 g/mol. The topological polar surface area (TPSA) is 30.7 Å². The van der Waals surface area contributed by atoms with Crippen molar-refractivity contribution in [3.63, 3.8) is 0 Å². The van der Waals surface area contributed by atoms with E-state index >= 15 is 0 Å². The smallest absolute Gasteiger partial charge is 0.234 e. The van der Waals surface area contributed by atoms with Crippen molar-refractivity contribution < 1.29 is 0 Å². The number of hydrogen-bond donors (Lipinski definition) is 0. The molecule has 6 aromatic carbocycles. The second kappa shape index (κ2) is 7.37. The first-order valence-electron chi connectivity index (χ1n) is 12.8. The van der Waals surface area contributed by atoms with Gasteiger partial charge in [0.1, 0.15) is 0 Å². The van der Waals surface area contributed by atoms with Gasteiger partial charge in [-0.3, -0.25) is 4.57 Å². The van der Waals surface area contributed by atoms with Crippen LogP contribution in [-0.4, -0.2) is 14.5 Å². The maximum absolute atomic E-state index is 4.81. The lowest BCUT2D eigenvalue weighted by molar-refractivity contribution is 0.994. The van der Waals surface area contributed by atoms with Crippen LogP contribution in [-0.2, 0) is 0 Å². The molecular formula is C34H19N3S. The number of hydrogen-bond acceptors (Lipinski definition) is 3. The maximum atomic E-state index is 4.81. The summed E-state index contributed by atoms with van der Waals surface area (Å²) in [5, 5.41) is 12.7. The number of nitrogens with zero attached hydrogens (tertiary/aromatic N) is 3. The quantitative estimate of drug-likeness (QED) is 0.210. The molecule has 38 heavy (non-hydrogen) atoms. The van der Waals surface area contributed by atoms with Crippen molar-refractivity contribution in [3.8, 4) is 5.95 Å². The lowest BCUT2D eigenvalue weighted by Crippen LogP contribution is -2.00. The van der Waals surface area contributed by atoms with Crippen molar-refractivity contribution in [2.24, 2.45) is 0 Å². The van der Waals surface area contributed by atoms with Gasteiger partial charge in [0.05, 0.1) is 15.7 Å². The van der Waals surface area contributed by atoms with Crippen molar-refractivity contribution in [2.75, 3.05) is 0 Å². The molecule has 176 valence electrons. The third-order valence-corrected chi connectivity index (χ3v) is 9.05. The summed E-state index contributed by atoms with van der Waals surface area (Å²) in [5.41, 5.74) is 2.35. The lowest BCUT2D eigenvalue weighted by Gasteiger charge is -2.10. The molecule has 9 aromatic rings. The maximum Gasteiger partial charge on any atom is 0.234 e. The predicted molar refractivity (Wildman–Crippen MR) is 162 cm³/mol. The van der Waals surface area contributed by atoms with E-state index in [0.717, 1.165) is 5.52 Å². The molecule has 4 heteroatoms. The Hall–Kier alpha value is -4.80. The molecule has 0 radical (unpaired) electrons. The van der Waals surface area contributed by atoms with Crippen LogP contribution in [0.5, 0.6) is 0 Å². The first-order valence-corrected chi connectivity index (χ1v) is 13.6. The lowest BCUT2D eigenvalue weighted by atomic mass is 9.94. The summed E-state index contributed by atoms with van der Waals surface area (Å²) in [6.45, 7) is 0. The Kier molecular flexibility index (Phi) is 3.93. The van der Waals surface area contributed by atoms with Crippen LogP contribution in [0.4, 0.5) is 0 Å². The second-order valence-corrected chi connectivity index (χ2v) is 10.8. The molecule has 3 heterocycles. The Morgan fingerprint density at radius 3 is 1.66 bits per heavy atom. The molecule has 0 spiro atoms. The molecule has 0 fully saturated rings. The Morgan fingerprint density at radius 2 is 0.947 bits per heavy atom. The van der Waals surface area contributed by atoms with Gasteiger partial charge in [-0.15, -0.1) is 11.3 Å². The van der Waals surface area contributed by atoms with Crippen LogP contribution in [0, 0.1) is 0 Å². The first-order chi connectivity index (χ1) is 18.9. The van der Waals surface area contributed by atoms with E-state index in [4.69, 9.17) is 9.97 Å². The standard InChI is InChI=1S/C34H19N3S/c1-3-12-22-20(10-1)21-11-2-6-15-25(21)31-29(22)30-24-14-5-4-13-23(24)28-26-16-7-8-17-27(26)38-33(28)32(30)37(31)34-35-18-9-19-36-34/h1-19H. The molecule has 3 aromatic heterocycles. The van der Waals surface area contributed by atoms with E-state index < -0.39 is 0 Å². The van der Waals surface area contributed by atoms with Gasteiger partial charge in [0, 0.05) is 44.0 Å². The highest BCUT2D eigenvalue weighted by atomic mass is 32.1. The van der Waals surface area contributed by atoms with Gasteiger partial charge in [-0.1, -0.05) is 91.0 Å². The fraction of sp³-hybridized carbons (Fsp3) is 0. The summed E-state index contributed by atoms with van der Waals surface area (Å²) in [5.74, 6) is 0.696. The van der Waals surface area contributed by atoms with Crippen molar-refractivity contribution in [1.82, 2.24) is 14.5 Å². The molecule has 0 saturated heterocycles. The van der Waals surface area contributed by atoms with Crippen LogP contribution in [0.25, 0.3) is 80.2 Å². The monoisotopic (exact) mass is 501 g/mol. The molecule has 0 amide bonds. The van der Waals surface area contributed by atoms with E-state index in [1.165, 1.54) is 68.8 Å². The number of aromatic nitrogens is 3. The van der Waals surface area contributed by atoms with E-state index in [0.29, 0.717) is 5.95 Å². The molecule has 0 N–H and O–H groups in total. The van der Waals surface area contributed by atoms with Crippen LogP contribution in [0.15, 0.2) is 116 Å². The zero-order chi connectivity index (χ0) is 24.8. The minimum Gasteiger partial charge on any atom is -0.276 e. The Morgan fingerprint density at radius 1 is 0.447 bits per heavy atom. The summed E-state index contributed by atoms with van der Waals surface area (Å²) in [4.78, 5) is 9.61. The van der Waals surface area contributed by atoms with Crippen molar-refractivity contribution in [1.29, 1.82) is 0 Å². The van der Waals surface area contributed by atoms with Crippen molar-refractivity contribution in [2.45, 2.75) is 0 Å². The predicted octanol–water partition coefficient (Wildman–Crippen LogP) is 9.40. The van der Waals surface area contributed by atoms with Gasteiger partial charge in [0.15, 0.2) is 0 Å². The fourth-order valence-electron chi connectivity index (χ4n) is 6.43. The third-order valence-electron chi connectivity index (χ3n) is 7.87. The van der Waals surface area contributed by atoms with Gasteiger partial charge in [-0.2, -0.15) is 0 Å². The molecule has 0 aliphatic heterocycles. The molecule has 9 rings (SSSR count). The van der Waals surface area contributed by atoms with Gasteiger partial charge in [-0.25, -0.2) is 9.97 Å². The SMILES string of the molecule is c1cnc(-n2c3c4ccccc4c4ccccc4c3c3c4ccccc4c4c5ccccc5sc4c32)nc1. The van der Waals surface area contributed by atoms with Gasteiger partial charge in [0.25, 0.3) is 0 Å². The summed E-state index contributed by atoms with van der Waals surface area (Å²) < 4.78 is 4.89. The van der Waals surface area contributed by atoms with Gasteiger partial charge in [0.2, 0.25) is 5.95 Å². The highest BCUT2D eigenvalue weighted by Crippen LogP contribution is 2.50. The fourth-order valence-corrected chi connectivity index (χ4v) is 7.69. The highest BCUT2D eigenvalue weighted by molar-refractivity contribution is 7.27. The summed E-state index contributed by atoms with van der Waals surface area (Å²) >= 11 is 1.86. The van der Waals surface area contributed by atoms with E-state index in [-0.39, 0.29) is 0 Å². The second-order valence-electron chi connectivity index (χ2n) is 9.77. The average Bonchev–Trinajstić information content (AvgIpc) is 3.55. The Labute approximate surface area is 221 Å². The minimum atomic E-state index is 0.696. The van der Waals surface area contributed by atoms with Crippen molar-refractivity contribution in [3.05, 3.63) is 116 Å². The summed E-state index contributed by atoms with van der Waals surface area (Å²) in [6.07, 6.45) is 3.68. The summed E-state index contributed by atoms with van der Waals surface area (Å²) in [6, 6.07) is 37.1. The Balaban J connectivity index is 1.74. The molecule has 0 aliphatic rings. The number of rotatable bonds is 1. The minimum absolute atomic E-state index is 0.696. The molecule has 0 atom stereocenters. The molecule has 0 bridgehead atoms. The van der Waals surface area contributed by atoms with E-state index in [9.17, 15) is 0 Å². The van der Waals surface area contributed by atoms with Crippen LogP contribution < -0.4 is 0 Å². The number of benzene rings is 6. The first kappa shape index (κ1) is 20.3. The zero-order valence-electron chi connectivity index (χ0n) is 20.2. The van der Waals surface area contributed by atoms with Gasteiger partial charge in [-0.05, 0) is 39.1 Å². The van der Waals surface area contributed by atoms with E-state index in [1.54, 1.807) is 0 Å². The highest BCUT2D eigenvalue weighted by Gasteiger charge is 2.25. The van der Waals surface area contributed by atoms with E-state index in [2.05, 4.69) is 102 Å². The summed E-state index contributed by atoms with van der Waals surface area (Å²) in [7, 11) is 0. The number of thiophene rings is 1. The van der Waals surface area contributed by atoms with E-state index in [1.807, 2.05) is 29.8 Å². The Bertz CT molecular complexity index is 2400. The molecule has 0 unspecified atom stereocenters. The normalized spacial score (nSPS) is 12.2. The molecule has 0 aliphatic carbocycles. The van der Waals surface area contributed by atoms with Gasteiger partial charge >= 0.3 is 0 Å². The van der Waals surface area contributed by atoms with Crippen LogP contribution in [0.2, 0.25) is 0 Å². The largest absolute Gasteiger partial charge is 0.276 e. The molecule has 3 nitrogen and oxygen atoms in total. The van der Waals surface area contributed by atoms with Crippen LogP contribution >= 0.6 is 11.3 Å². The van der Waals surface area contributed by atoms with Gasteiger partial charge < -0.3 is 0 Å². The molecular weight excluding hydrogens is 482 g/mol. The third kappa shape index (κ3) is 2.48. The number of fused-ring (bicyclic) bond motifs is 15. The zero-order valence-corrected chi connectivity index (χ0v) is 21.0. The van der Waals surface area contributed by atoms with Crippen molar-refractivity contribution >= 4 is 85.6 Å². The van der Waals surface area contributed by atoms with Crippen LogP contribution in [0.1, 0.15) is 0 Å².